The third-order valence-corrected chi connectivity index (χ3v) is 3.38. The van der Waals surface area contributed by atoms with Crippen molar-refractivity contribution in [3.63, 3.8) is 0 Å². The molecule has 8 nitrogen and oxygen atoms in total. The fourth-order valence-electron chi connectivity index (χ4n) is 2.21. The van der Waals surface area contributed by atoms with Crippen LogP contribution in [0.4, 0.5) is 10.5 Å². The van der Waals surface area contributed by atoms with E-state index in [-0.39, 0.29) is 31.1 Å². The summed E-state index contributed by atoms with van der Waals surface area (Å²) in [6, 6.07) is 5.96. The molecule has 112 valence electrons. The van der Waals surface area contributed by atoms with Crippen LogP contribution in [0.15, 0.2) is 24.3 Å². The van der Waals surface area contributed by atoms with Crippen LogP contribution < -0.4 is 0 Å². The lowest BCUT2D eigenvalue weighted by molar-refractivity contribution is -0.384. The number of carbonyl (C=O) groups excluding carboxylic acids is 1. The molecule has 0 radical (unpaired) electrons. The highest BCUT2D eigenvalue weighted by atomic mass is 16.6. The lowest BCUT2D eigenvalue weighted by Crippen LogP contribution is -2.50. The standard InChI is InChI=1S/C13H15N3O5/c17-12(14-4-6-15(7-5-14)13(18)19)9-10-2-1-3-11(8-10)16(20)21/h1-3,8H,4-7,9H2,(H,18,19). The minimum absolute atomic E-state index is 0.0454. The van der Waals surface area contributed by atoms with Crippen molar-refractivity contribution < 1.29 is 19.6 Å². The number of non-ortho nitro benzene ring substituents is 1. The average Bonchev–Trinajstić information content (AvgIpc) is 2.47. The number of nitro groups is 1. The molecule has 0 atom stereocenters. The third-order valence-electron chi connectivity index (χ3n) is 3.38. The molecular formula is C13H15N3O5. The van der Waals surface area contributed by atoms with Gasteiger partial charge in [0.2, 0.25) is 5.91 Å². The predicted octanol–water partition coefficient (Wildman–Crippen LogP) is 0.959. The molecule has 1 heterocycles. The molecule has 0 saturated carbocycles. The molecule has 0 spiro atoms. The summed E-state index contributed by atoms with van der Waals surface area (Å²) in [5.41, 5.74) is 0.533. The van der Waals surface area contributed by atoms with Gasteiger partial charge in [-0.05, 0) is 5.56 Å². The number of hydrogen-bond donors (Lipinski definition) is 1. The van der Waals surface area contributed by atoms with Crippen molar-refractivity contribution in [2.24, 2.45) is 0 Å². The van der Waals surface area contributed by atoms with E-state index in [1.54, 1.807) is 17.0 Å². The fraction of sp³-hybridized carbons (Fsp3) is 0.385. The lowest BCUT2D eigenvalue weighted by atomic mass is 10.1. The smallest absolute Gasteiger partial charge is 0.407 e. The Labute approximate surface area is 120 Å². The molecule has 1 fully saturated rings. The van der Waals surface area contributed by atoms with Crippen LogP contribution in [-0.2, 0) is 11.2 Å². The number of hydrogen-bond acceptors (Lipinski definition) is 4. The summed E-state index contributed by atoms with van der Waals surface area (Å²) in [5, 5.41) is 19.5. The number of carboxylic acid groups (broad SMARTS) is 1. The molecule has 0 unspecified atom stereocenters. The molecule has 1 aromatic rings. The maximum atomic E-state index is 12.1. The Morgan fingerprint density at radius 3 is 2.38 bits per heavy atom. The molecule has 0 aliphatic carbocycles. The summed E-state index contributed by atoms with van der Waals surface area (Å²) < 4.78 is 0. The van der Waals surface area contributed by atoms with Crippen molar-refractivity contribution >= 4 is 17.7 Å². The second-order valence-electron chi connectivity index (χ2n) is 4.75. The van der Waals surface area contributed by atoms with Crippen LogP contribution in [0.1, 0.15) is 5.56 Å². The van der Waals surface area contributed by atoms with Gasteiger partial charge < -0.3 is 14.9 Å². The largest absolute Gasteiger partial charge is 0.465 e. The van der Waals surface area contributed by atoms with Crippen molar-refractivity contribution in [3.8, 4) is 0 Å². The Kier molecular flexibility index (Phi) is 4.36. The molecule has 1 aliphatic heterocycles. The van der Waals surface area contributed by atoms with Crippen LogP contribution in [0.3, 0.4) is 0 Å². The average molecular weight is 293 g/mol. The SMILES string of the molecule is O=C(O)N1CCN(C(=O)Cc2cccc([N+](=O)[O-])c2)CC1. The Bertz CT molecular complexity index is 567. The van der Waals surface area contributed by atoms with E-state index < -0.39 is 11.0 Å². The Morgan fingerprint density at radius 1 is 1.19 bits per heavy atom. The van der Waals surface area contributed by atoms with Gasteiger partial charge in [-0.3, -0.25) is 14.9 Å². The number of piperazine rings is 1. The molecule has 2 rings (SSSR count). The Hall–Kier alpha value is -2.64. The van der Waals surface area contributed by atoms with Gasteiger partial charge in [0.25, 0.3) is 5.69 Å². The van der Waals surface area contributed by atoms with Gasteiger partial charge in [0.05, 0.1) is 11.3 Å². The van der Waals surface area contributed by atoms with Crippen LogP contribution in [0.5, 0.6) is 0 Å². The zero-order valence-electron chi connectivity index (χ0n) is 11.3. The number of amides is 2. The lowest BCUT2D eigenvalue weighted by Gasteiger charge is -2.33. The van der Waals surface area contributed by atoms with Crippen LogP contribution in [0, 0.1) is 10.1 Å². The first-order valence-corrected chi connectivity index (χ1v) is 6.46. The highest BCUT2D eigenvalue weighted by Crippen LogP contribution is 2.14. The fourth-order valence-corrected chi connectivity index (χ4v) is 2.21. The summed E-state index contributed by atoms with van der Waals surface area (Å²) >= 11 is 0. The van der Waals surface area contributed by atoms with Crippen molar-refractivity contribution in [1.29, 1.82) is 0 Å². The van der Waals surface area contributed by atoms with Crippen LogP contribution >= 0.6 is 0 Å². The Morgan fingerprint density at radius 2 is 1.81 bits per heavy atom. The van der Waals surface area contributed by atoms with Gasteiger partial charge in [0.15, 0.2) is 0 Å². The maximum absolute atomic E-state index is 12.1. The summed E-state index contributed by atoms with van der Waals surface area (Å²) in [4.78, 5) is 35.9. The van der Waals surface area contributed by atoms with Gasteiger partial charge in [-0.1, -0.05) is 12.1 Å². The van der Waals surface area contributed by atoms with Crippen LogP contribution in [0.2, 0.25) is 0 Å². The van der Waals surface area contributed by atoms with Gasteiger partial charge in [-0.25, -0.2) is 4.79 Å². The van der Waals surface area contributed by atoms with Crippen LogP contribution in [-0.4, -0.2) is 58.0 Å². The summed E-state index contributed by atoms with van der Waals surface area (Å²) in [5.74, 6) is -0.152. The number of rotatable bonds is 3. The summed E-state index contributed by atoms with van der Waals surface area (Å²) in [6.07, 6.45) is -0.907. The minimum Gasteiger partial charge on any atom is -0.465 e. The molecular weight excluding hydrogens is 278 g/mol. The number of benzene rings is 1. The first-order chi connectivity index (χ1) is 9.97. The van der Waals surface area contributed by atoms with Crippen molar-refractivity contribution in [2.45, 2.75) is 6.42 Å². The predicted molar refractivity (Wildman–Crippen MR) is 73.0 cm³/mol. The second-order valence-corrected chi connectivity index (χ2v) is 4.75. The first-order valence-electron chi connectivity index (χ1n) is 6.46. The van der Waals surface area contributed by atoms with Crippen molar-refractivity contribution in [2.75, 3.05) is 26.2 Å². The van der Waals surface area contributed by atoms with E-state index >= 15 is 0 Å². The normalized spacial score (nSPS) is 14.9. The quantitative estimate of drug-likeness (QED) is 0.660. The topological polar surface area (TPSA) is 104 Å². The number of nitro benzene ring substituents is 1. The van der Waals surface area contributed by atoms with Crippen molar-refractivity contribution in [1.82, 2.24) is 9.80 Å². The van der Waals surface area contributed by atoms with E-state index in [0.29, 0.717) is 18.7 Å². The van der Waals surface area contributed by atoms with E-state index in [1.165, 1.54) is 17.0 Å². The summed E-state index contributed by atoms with van der Waals surface area (Å²) in [7, 11) is 0. The van der Waals surface area contributed by atoms with E-state index in [2.05, 4.69) is 0 Å². The zero-order chi connectivity index (χ0) is 15.4. The highest BCUT2D eigenvalue weighted by Gasteiger charge is 2.23. The van der Waals surface area contributed by atoms with E-state index in [1.807, 2.05) is 0 Å². The van der Waals surface area contributed by atoms with Gasteiger partial charge >= 0.3 is 6.09 Å². The van der Waals surface area contributed by atoms with E-state index in [4.69, 9.17) is 5.11 Å². The van der Waals surface area contributed by atoms with Gasteiger partial charge in [0, 0.05) is 38.3 Å². The first kappa shape index (κ1) is 14.8. The molecule has 1 saturated heterocycles. The molecule has 1 aliphatic rings. The molecule has 1 aromatic carbocycles. The Balaban J connectivity index is 1.95. The van der Waals surface area contributed by atoms with Crippen molar-refractivity contribution in [3.05, 3.63) is 39.9 Å². The molecule has 0 aromatic heterocycles. The highest BCUT2D eigenvalue weighted by molar-refractivity contribution is 5.79. The van der Waals surface area contributed by atoms with Gasteiger partial charge in [-0.15, -0.1) is 0 Å². The van der Waals surface area contributed by atoms with Gasteiger partial charge in [-0.2, -0.15) is 0 Å². The van der Waals surface area contributed by atoms with Gasteiger partial charge in [0.1, 0.15) is 0 Å². The maximum Gasteiger partial charge on any atom is 0.407 e. The third kappa shape index (κ3) is 3.68. The van der Waals surface area contributed by atoms with E-state index in [9.17, 15) is 19.7 Å². The number of nitrogens with zero attached hydrogens (tertiary/aromatic N) is 3. The van der Waals surface area contributed by atoms with E-state index in [0.717, 1.165) is 0 Å². The minimum atomic E-state index is -0.985. The second kappa shape index (κ2) is 6.21. The zero-order valence-corrected chi connectivity index (χ0v) is 11.3. The molecule has 0 bridgehead atoms. The molecule has 8 heteroatoms. The van der Waals surface area contributed by atoms with Crippen LogP contribution in [0.25, 0.3) is 0 Å². The monoisotopic (exact) mass is 293 g/mol. The summed E-state index contributed by atoms with van der Waals surface area (Å²) in [6.45, 7) is 1.27. The molecule has 2 amide bonds. The molecule has 1 N–H and O–H groups in total. The number of carbonyl (C=O) groups is 2. The molecule has 21 heavy (non-hydrogen) atoms.